The Balaban J connectivity index is 2.33. The summed E-state index contributed by atoms with van der Waals surface area (Å²) >= 11 is 3.35. The SMILES string of the molecule is [Br][Mg][c]1ccc(-c2ccoc2)cc1. The van der Waals surface area contributed by atoms with Gasteiger partial charge >= 0.3 is 18.2 Å². The Bertz CT molecular complexity index is 366. The standard InChI is InChI=1S/C10H7O.BrH.Mg/c1-2-4-9(5-3-1)10-6-7-11-8-10;;/h2-8H;1H;/q;;+1/p-1. The Morgan fingerprint density at radius 1 is 1.00 bits per heavy atom. The summed E-state index contributed by atoms with van der Waals surface area (Å²) in [5, 5.41) is 0. The van der Waals surface area contributed by atoms with E-state index in [4.69, 9.17) is 4.42 Å². The van der Waals surface area contributed by atoms with E-state index in [2.05, 4.69) is 37.1 Å². The normalized spacial score (nSPS) is 9.62. The lowest BCUT2D eigenvalue weighted by molar-refractivity contribution is 0.568. The summed E-state index contributed by atoms with van der Waals surface area (Å²) in [6.45, 7) is 0. The van der Waals surface area contributed by atoms with Crippen LogP contribution >= 0.6 is 12.9 Å². The summed E-state index contributed by atoms with van der Waals surface area (Å²) in [6.07, 6.45) is 3.46. The molecule has 0 amide bonds. The van der Waals surface area contributed by atoms with Crippen LogP contribution in [0.1, 0.15) is 0 Å². The minimum absolute atomic E-state index is 0.202. The van der Waals surface area contributed by atoms with Crippen LogP contribution in [-0.4, -0.2) is 18.2 Å². The van der Waals surface area contributed by atoms with Crippen molar-refractivity contribution < 1.29 is 4.42 Å². The van der Waals surface area contributed by atoms with Gasteiger partial charge in [-0.25, -0.2) is 0 Å². The number of halogens is 1. The molecular formula is C10H7BrMgO. The van der Waals surface area contributed by atoms with Crippen LogP contribution in [0.4, 0.5) is 0 Å². The number of benzene rings is 1. The van der Waals surface area contributed by atoms with Gasteiger partial charge in [0.25, 0.3) is 0 Å². The maximum absolute atomic E-state index is 5.02. The quantitative estimate of drug-likeness (QED) is 0.744. The van der Waals surface area contributed by atoms with Crippen molar-refractivity contribution >= 4 is 34.8 Å². The van der Waals surface area contributed by atoms with Crippen LogP contribution in [0.3, 0.4) is 0 Å². The van der Waals surface area contributed by atoms with Crippen molar-refractivity contribution in [2.45, 2.75) is 0 Å². The van der Waals surface area contributed by atoms with Gasteiger partial charge in [0.1, 0.15) is 0 Å². The van der Waals surface area contributed by atoms with Gasteiger partial charge in [0, 0.05) is 5.56 Å². The summed E-state index contributed by atoms with van der Waals surface area (Å²) in [4.78, 5) is 0. The van der Waals surface area contributed by atoms with Crippen molar-refractivity contribution in [2.75, 3.05) is 0 Å². The Morgan fingerprint density at radius 2 is 1.77 bits per heavy atom. The van der Waals surface area contributed by atoms with Crippen molar-refractivity contribution in [1.29, 1.82) is 0 Å². The molecule has 2 rings (SSSR count). The maximum atomic E-state index is 5.02. The van der Waals surface area contributed by atoms with Crippen LogP contribution in [0.25, 0.3) is 11.1 Å². The average Bonchev–Trinajstić information content (AvgIpc) is 2.71. The van der Waals surface area contributed by atoms with Crippen LogP contribution in [0.15, 0.2) is 47.3 Å². The molecule has 0 atom stereocenters. The van der Waals surface area contributed by atoms with E-state index in [1.54, 1.807) is 12.5 Å². The first kappa shape index (κ1) is 9.31. The van der Waals surface area contributed by atoms with Gasteiger partial charge in [-0.3, -0.25) is 12.9 Å². The molecule has 0 radical (unpaired) electrons. The van der Waals surface area contributed by atoms with Crippen molar-refractivity contribution in [3.8, 4) is 11.1 Å². The average molecular weight is 247 g/mol. The number of hydrogen-bond acceptors (Lipinski definition) is 1. The smallest absolute Gasteiger partial charge is 0.472 e. The Kier molecular flexibility index (Phi) is 3.08. The van der Waals surface area contributed by atoms with E-state index in [1.165, 1.54) is 9.26 Å². The highest BCUT2D eigenvalue weighted by atomic mass is 79.9. The second-order valence-corrected chi connectivity index (χ2v) is 5.61. The highest BCUT2D eigenvalue weighted by Crippen LogP contribution is 2.17. The largest absolute Gasteiger partial charge is 0.506 e. The number of furan rings is 1. The first-order valence-corrected chi connectivity index (χ1v) is 8.68. The molecule has 0 bridgehead atoms. The van der Waals surface area contributed by atoms with E-state index < -0.39 is 0 Å². The topological polar surface area (TPSA) is 13.1 Å². The predicted octanol–water partition coefficient (Wildman–Crippen LogP) is 2.59. The molecule has 1 aromatic carbocycles. The van der Waals surface area contributed by atoms with Gasteiger partial charge < -0.3 is 4.42 Å². The highest BCUT2D eigenvalue weighted by molar-refractivity contribution is 9.23. The molecule has 0 aliphatic rings. The summed E-state index contributed by atoms with van der Waals surface area (Å²) < 4.78 is 6.45. The van der Waals surface area contributed by atoms with Crippen LogP contribution in [0.2, 0.25) is 0 Å². The molecule has 0 fully saturated rings. The summed E-state index contributed by atoms with van der Waals surface area (Å²) in [5.41, 5.74) is 2.36. The molecule has 0 spiro atoms. The summed E-state index contributed by atoms with van der Waals surface area (Å²) in [5.74, 6) is 0. The molecule has 62 valence electrons. The van der Waals surface area contributed by atoms with E-state index in [-0.39, 0.29) is 18.2 Å². The molecule has 3 heteroatoms. The molecule has 13 heavy (non-hydrogen) atoms. The third-order valence-corrected chi connectivity index (χ3v) is 4.69. The van der Waals surface area contributed by atoms with E-state index in [9.17, 15) is 0 Å². The minimum Gasteiger partial charge on any atom is -0.472 e. The van der Waals surface area contributed by atoms with E-state index in [1.807, 2.05) is 6.07 Å². The number of hydrogen-bond donors (Lipinski definition) is 0. The van der Waals surface area contributed by atoms with Crippen molar-refractivity contribution in [1.82, 2.24) is 0 Å². The second-order valence-electron chi connectivity index (χ2n) is 2.84. The van der Waals surface area contributed by atoms with Crippen molar-refractivity contribution in [2.24, 2.45) is 0 Å². The van der Waals surface area contributed by atoms with Crippen molar-refractivity contribution in [3.05, 3.63) is 42.9 Å². The highest BCUT2D eigenvalue weighted by Gasteiger charge is 1.99. The molecule has 1 nitrogen and oxygen atoms in total. The van der Waals surface area contributed by atoms with E-state index >= 15 is 0 Å². The summed E-state index contributed by atoms with van der Waals surface area (Å²) in [7, 11) is 0. The van der Waals surface area contributed by atoms with Gasteiger partial charge in [0.15, 0.2) is 0 Å². The zero-order valence-electron chi connectivity index (χ0n) is 7.03. The van der Waals surface area contributed by atoms with Gasteiger partial charge in [-0.1, -0.05) is 24.3 Å². The molecule has 1 aromatic heterocycles. The van der Waals surface area contributed by atoms with Gasteiger partial charge in [0.05, 0.1) is 12.5 Å². The van der Waals surface area contributed by atoms with Crippen LogP contribution < -0.4 is 3.69 Å². The van der Waals surface area contributed by atoms with Crippen LogP contribution in [0, 0.1) is 0 Å². The molecule has 2 aromatic rings. The molecule has 0 saturated carbocycles. The Labute approximate surface area is 92.7 Å². The van der Waals surface area contributed by atoms with Gasteiger partial charge in [-0.15, -0.1) is 0 Å². The lowest BCUT2D eigenvalue weighted by Crippen LogP contribution is -2.06. The molecule has 1 heterocycles. The predicted molar refractivity (Wildman–Crippen MR) is 58.5 cm³/mol. The zero-order chi connectivity index (χ0) is 9.10. The third kappa shape index (κ3) is 2.16. The summed E-state index contributed by atoms with van der Waals surface area (Å²) in [6, 6.07) is 10.6. The Hall–Kier alpha value is -0.254. The molecule has 0 aliphatic carbocycles. The second kappa shape index (κ2) is 4.31. The van der Waals surface area contributed by atoms with Crippen molar-refractivity contribution in [3.63, 3.8) is 0 Å². The molecule has 0 aliphatic heterocycles. The maximum Gasteiger partial charge on any atom is 0.506 e. The monoisotopic (exact) mass is 246 g/mol. The molecule has 0 unspecified atom stereocenters. The fraction of sp³-hybridized carbons (Fsp3) is 0. The fourth-order valence-corrected chi connectivity index (χ4v) is 2.75. The number of rotatable bonds is 2. The van der Waals surface area contributed by atoms with Gasteiger partial charge in [0.2, 0.25) is 0 Å². The third-order valence-electron chi connectivity index (χ3n) is 1.96. The van der Waals surface area contributed by atoms with Crippen LogP contribution in [0.5, 0.6) is 0 Å². The molecular weight excluding hydrogens is 240 g/mol. The lowest BCUT2D eigenvalue weighted by atomic mass is 10.1. The van der Waals surface area contributed by atoms with E-state index in [0.29, 0.717) is 0 Å². The lowest BCUT2D eigenvalue weighted by Gasteiger charge is -1.98. The molecule has 0 saturated heterocycles. The first-order valence-electron chi connectivity index (χ1n) is 4.07. The Morgan fingerprint density at radius 3 is 2.31 bits per heavy atom. The molecule has 0 N–H and O–H groups in total. The first-order chi connectivity index (χ1) is 6.40. The van der Waals surface area contributed by atoms with Gasteiger partial charge in [-0.05, 0) is 11.6 Å². The zero-order valence-corrected chi connectivity index (χ0v) is 10.0. The van der Waals surface area contributed by atoms with Gasteiger partial charge in [-0.2, -0.15) is 3.69 Å². The minimum atomic E-state index is -0.202. The van der Waals surface area contributed by atoms with E-state index in [0.717, 1.165) is 5.56 Å². The van der Waals surface area contributed by atoms with Crippen LogP contribution in [-0.2, 0) is 0 Å². The fourth-order valence-electron chi connectivity index (χ4n) is 1.22.